The largest absolute Gasteiger partial charge is 0.465 e. The molecule has 0 saturated heterocycles. The van der Waals surface area contributed by atoms with Crippen molar-refractivity contribution in [2.24, 2.45) is 0 Å². The van der Waals surface area contributed by atoms with Crippen molar-refractivity contribution in [2.75, 3.05) is 17.7 Å². The molecule has 0 radical (unpaired) electrons. The average Bonchev–Trinajstić information content (AvgIpc) is 2.74. The van der Waals surface area contributed by atoms with Crippen LogP contribution in [0.2, 0.25) is 0 Å². The summed E-state index contributed by atoms with van der Waals surface area (Å²) in [5, 5.41) is 5.56. The molecule has 0 spiro atoms. The smallest absolute Gasteiger partial charge is 0.337 e. The second kappa shape index (κ2) is 8.84. The number of aryl methyl sites for hydroxylation is 1. The summed E-state index contributed by atoms with van der Waals surface area (Å²) in [4.78, 5) is 36.1. The quantitative estimate of drug-likeness (QED) is 0.639. The molecule has 0 aliphatic heterocycles. The Balaban J connectivity index is 1.61. The second-order valence-electron chi connectivity index (χ2n) is 6.42. The normalized spacial score (nSPS) is 10.1. The predicted molar refractivity (Wildman–Crippen MR) is 111 cm³/mol. The Hall–Kier alpha value is -3.93. The molecule has 2 N–H and O–H groups in total. The van der Waals surface area contributed by atoms with E-state index in [0.717, 1.165) is 5.56 Å². The Morgan fingerprint density at radius 2 is 1.00 bits per heavy atom. The Kier molecular flexibility index (Phi) is 6.04. The van der Waals surface area contributed by atoms with Crippen LogP contribution in [0.15, 0.2) is 72.8 Å². The number of rotatable bonds is 5. The van der Waals surface area contributed by atoms with Gasteiger partial charge in [-0.1, -0.05) is 17.7 Å². The molecule has 6 nitrogen and oxygen atoms in total. The Morgan fingerprint density at radius 1 is 0.621 bits per heavy atom. The third-order valence-corrected chi connectivity index (χ3v) is 4.28. The predicted octanol–water partition coefficient (Wildman–Crippen LogP) is 4.29. The van der Waals surface area contributed by atoms with Gasteiger partial charge in [-0.2, -0.15) is 0 Å². The molecule has 0 heterocycles. The van der Waals surface area contributed by atoms with Crippen molar-refractivity contribution in [3.05, 3.63) is 95.1 Å². The van der Waals surface area contributed by atoms with E-state index in [2.05, 4.69) is 15.4 Å². The molecule has 0 saturated carbocycles. The highest BCUT2D eigenvalue weighted by molar-refractivity contribution is 6.06. The van der Waals surface area contributed by atoms with Crippen molar-refractivity contribution in [1.82, 2.24) is 0 Å². The van der Waals surface area contributed by atoms with E-state index in [1.807, 2.05) is 19.1 Å². The number of hydrogen-bond acceptors (Lipinski definition) is 4. The van der Waals surface area contributed by atoms with Crippen molar-refractivity contribution in [3.63, 3.8) is 0 Å². The molecule has 2 amide bonds. The van der Waals surface area contributed by atoms with Gasteiger partial charge in [0.15, 0.2) is 0 Å². The van der Waals surface area contributed by atoms with Gasteiger partial charge >= 0.3 is 5.97 Å². The van der Waals surface area contributed by atoms with Crippen LogP contribution in [-0.2, 0) is 4.74 Å². The zero-order valence-corrected chi connectivity index (χ0v) is 16.1. The minimum absolute atomic E-state index is 0.215. The molecule has 3 aromatic rings. The molecule has 0 fully saturated rings. The summed E-state index contributed by atoms with van der Waals surface area (Å²) in [5.74, 6) is -0.953. The van der Waals surface area contributed by atoms with E-state index in [0.29, 0.717) is 28.1 Å². The van der Waals surface area contributed by atoms with Gasteiger partial charge < -0.3 is 15.4 Å². The summed E-state index contributed by atoms with van der Waals surface area (Å²) in [6.45, 7) is 1.96. The third kappa shape index (κ3) is 5.07. The van der Waals surface area contributed by atoms with E-state index in [9.17, 15) is 14.4 Å². The van der Waals surface area contributed by atoms with Crippen LogP contribution in [0.4, 0.5) is 11.4 Å². The topological polar surface area (TPSA) is 84.5 Å². The lowest BCUT2D eigenvalue weighted by Gasteiger charge is -2.08. The molecule has 6 heteroatoms. The Bertz CT molecular complexity index is 1020. The SMILES string of the molecule is COC(=O)c1ccc(NC(=O)c2ccc(NC(=O)c3ccc(C)cc3)cc2)cc1. The van der Waals surface area contributed by atoms with E-state index in [1.165, 1.54) is 7.11 Å². The van der Waals surface area contributed by atoms with Crippen LogP contribution in [0, 0.1) is 6.92 Å². The number of anilines is 2. The van der Waals surface area contributed by atoms with Gasteiger partial charge in [-0.15, -0.1) is 0 Å². The van der Waals surface area contributed by atoms with Crippen LogP contribution < -0.4 is 10.6 Å². The number of hydrogen-bond donors (Lipinski definition) is 2. The first-order valence-electron chi connectivity index (χ1n) is 8.94. The highest BCUT2D eigenvalue weighted by Gasteiger charge is 2.10. The summed E-state index contributed by atoms with van der Waals surface area (Å²) in [7, 11) is 1.31. The number of amides is 2. The minimum atomic E-state index is -0.439. The molecule has 0 atom stereocenters. The van der Waals surface area contributed by atoms with Crippen LogP contribution >= 0.6 is 0 Å². The van der Waals surface area contributed by atoms with Crippen molar-refractivity contribution >= 4 is 29.2 Å². The molecule has 3 rings (SSSR count). The summed E-state index contributed by atoms with van der Waals surface area (Å²) < 4.78 is 4.64. The lowest BCUT2D eigenvalue weighted by molar-refractivity contribution is 0.0600. The molecule has 0 aromatic heterocycles. The van der Waals surface area contributed by atoms with E-state index < -0.39 is 5.97 Å². The standard InChI is InChI=1S/C23H20N2O4/c1-15-3-5-16(6-4-15)21(26)24-19-11-7-17(8-12-19)22(27)25-20-13-9-18(10-14-20)23(28)29-2/h3-14H,1-2H3,(H,24,26)(H,25,27). The van der Waals surface area contributed by atoms with Gasteiger partial charge in [0.05, 0.1) is 12.7 Å². The van der Waals surface area contributed by atoms with Gasteiger partial charge in [-0.25, -0.2) is 4.79 Å². The van der Waals surface area contributed by atoms with Crippen molar-refractivity contribution in [1.29, 1.82) is 0 Å². The maximum Gasteiger partial charge on any atom is 0.337 e. The maximum absolute atomic E-state index is 12.4. The lowest BCUT2D eigenvalue weighted by Crippen LogP contribution is -2.14. The highest BCUT2D eigenvalue weighted by Crippen LogP contribution is 2.15. The Morgan fingerprint density at radius 3 is 1.41 bits per heavy atom. The highest BCUT2D eigenvalue weighted by atomic mass is 16.5. The molecule has 0 aliphatic carbocycles. The molecular weight excluding hydrogens is 368 g/mol. The fraction of sp³-hybridized carbons (Fsp3) is 0.0870. The number of ether oxygens (including phenoxy) is 1. The Labute approximate surface area is 168 Å². The van der Waals surface area contributed by atoms with Gasteiger partial charge in [0, 0.05) is 22.5 Å². The van der Waals surface area contributed by atoms with Crippen molar-refractivity contribution in [3.8, 4) is 0 Å². The van der Waals surface area contributed by atoms with Crippen molar-refractivity contribution in [2.45, 2.75) is 6.92 Å². The van der Waals surface area contributed by atoms with Crippen LogP contribution in [0.5, 0.6) is 0 Å². The summed E-state index contributed by atoms with van der Waals surface area (Å²) in [6, 6.07) is 20.3. The first-order chi connectivity index (χ1) is 14.0. The summed E-state index contributed by atoms with van der Waals surface area (Å²) in [5.41, 5.74) is 3.63. The molecule has 29 heavy (non-hydrogen) atoms. The molecule has 3 aromatic carbocycles. The fourth-order valence-electron chi connectivity index (χ4n) is 2.62. The number of methoxy groups -OCH3 is 1. The minimum Gasteiger partial charge on any atom is -0.465 e. The van der Waals surface area contributed by atoms with E-state index in [-0.39, 0.29) is 11.8 Å². The van der Waals surface area contributed by atoms with Gasteiger partial charge in [-0.3, -0.25) is 9.59 Å². The van der Waals surface area contributed by atoms with Crippen LogP contribution in [0.3, 0.4) is 0 Å². The summed E-state index contributed by atoms with van der Waals surface area (Å²) >= 11 is 0. The van der Waals surface area contributed by atoms with Gasteiger partial charge in [0.25, 0.3) is 11.8 Å². The number of benzene rings is 3. The van der Waals surface area contributed by atoms with E-state index >= 15 is 0 Å². The maximum atomic E-state index is 12.4. The van der Waals surface area contributed by atoms with Crippen molar-refractivity contribution < 1.29 is 19.1 Å². The van der Waals surface area contributed by atoms with Crippen LogP contribution in [-0.4, -0.2) is 24.9 Å². The second-order valence-corrected chi connectivity index (χ2v) is 6.42. The molecule has 0 bridgehead atoms. The molecule has 0 unspecified atom stereocenters. The third-order valence-electron chi connectivity index (χ3n) is 4.28. The molecular formula is C23H20N2O4. The van der Waals surface area contributed by atoms with Crippen LogP contribution in [0.1, 0.15) is 36.6 Å². The molecule has 146 valence electrons. The van der Waals surface area contributed by atoms with Gasteiger partial charge in [-0.05, 0) is 67.6 Å². The van der Waals surface area contributed by atoms with Gasteiger partial charge in [0.1, 0.15) is 0 Å². The van der Waals surface area contributed by atoms with E-state index in [1.54, 1.807) is 60.7 Å². The lowest BCUT2D eigenvalue weighted by atomic mass is 10.1. The van der Waals surface area contributed by atoms with E-state index in [4.69, 9.17) is 0 Å². The first-order valence-corrected chi connectivity index (χ1v) is 8.94. The number of nitrogens with one attached hydrogen (secondary N) is 2. The number of carbonyl (C=O) groups excluding carboxylic acids is 3. The average molecular weight is 388 g/mol. The number of esters is 1. The number of carbonyl (C=O) groups is 3. The fourth-order valence-corrected chi connectivity index (χ4v) is 2.62. The zero-order valence-electron chi connectivity index (χ0n) is 16.1. The molecule has 0 aliphatic rings. The monoisotopic (exact) mass is 388 g/mol. The van der Waals surface area contributed by atoms with Gasteiger partial charge in [0.2, 0.25) is 0 Å². The summed E-state index contributed by atoms with van der Waals surface area (Å²) in [6.07, 6.45) is 0. The van der Waals surface area contributed by atoms with Crippen LogP contribution in [0.25, 0.3) is 0 Å². The zero-order chi connectivity index (χ0) is 20.8. The first kappa shape index (κ1) is 19.8.